The third-order valence-corrected chi connectivity index (χ3v) is 3.27. The van der Waals surface area contributed by atoms with Crippen LogP contribution in [0, 0.1) is 0 Å². The Hall–Kier alpha value is -0.140. The van der Waals surface area contributed by atoms with Crippen LogP contribution in [-0.4, -0.2) is 4.57 Å². The minimum Gasteiger partial charge on any atom is -0.323 e. The number of hydrogen-bond donors (Lipinski definition) is 0. The average molecular weight is 248 g/mol. The second kappa shape index (κ2) is 7.19. The molecule has 1 rings (SSSR count). The molecule has 15 heavy (non-hydrogen) atoms. The van der Waals surface area contributed by atoms with Crippen molar-refractivity contribution in [3.05, 3.63) is 22.4 Å². The maximum absolute atomic E-state index is 5.99. The van der Waals surface area contributed by atoms with Crippen LogP contribution in [0.2, 0.25) is 10.3 Å². The average Bonchev–Trinajstić information content (AvgIpc) is 2.54. The number of aromatic nitrogens is 1. The van der Waals surface area contributed by atoms with Crippen molar-refractivity contribution in [2.24, 2.45) is 0 Å². The van der Waals surface area contributed by atoms with Crippen LogP contribution in [0.3, 0.4) is 0 Å². The molecule has 0 radical (unpaired) electrons. The van der Waals surface area contributed by atoms with Crippen molar-refractivity contribution in [1.29, 1.82) is 0 Å². The highest BCUT2D eigenvalue weighted by atomic mass is 35.5. The number of unbranched alkanes of at least 4 members (excludes halogenated alkanes) is 5. The molecule has 0 saturated carbocycles. The highest BCUT2D eigenvalue weighted by Gasteiger charge is 2.02. The Bertz CT molecular complexity index is 262. The monoisotopic (exact) mass is 247 g/mol. The molecule has 0 unspecified atom stereocenters. The van der Waals surface area contributed by atoms with Gasteiger partial charge in [-0.3, -0.25) is 0 Å². The molecule has 1 aromatic rings. The Morgan fingerprint density at radius 2 is 1.47 bits per heavy atom. The van der Waals surface area contributed by atoms with Gasteiger partial charge in [-0.15, -0.1) is 0 Å². The van der Waals surface area contributed by atoms with E-state index in [1.807, 2.05) is 16.7 Å². The molecule has 0 saturated heterocycles. The number of hydrogen-bond acceptors (Lipinski definition) is 0. The van der Waals surface area contributed by atoms with Crippen molar-refractivity contribution in [2.45, 2.75) is 52.0 Å². The lowest BCUT2D eigenvalue weighted by molar-refractivity contribution is 0.560. The molecule has 0 atom stereocenters. The van der Waals surface area contributed by atoms with Crippen LogP contribution in [0.4, 0.5) is 0 Å². The van der Waals surface area contributed by atoms with Crippen molar-refractivity contribution in [1.82, 2.24) is 4.57 Å². The maximum atomic E-state index is 5.99. The summed E-state index contributed by atoms with van der Waals surface area (Å²) in [6.45, 7) is 3.18. The van der Waals surface area contributed by atoms with Crippen molar-refractivity contribution in [3.63, 3.8) is 0 Å². The fourth-order valence-corrected chi connectivity index (χ4v) is 2.20. The van der Waals surface area contributed by atoms with Gasteiger partial charge in [-0.05, 0) is 18.6 Å². The summed E-state index contributed by atoms with van der Waals surface area (Å²) in [6, 6.07) is 3.70. The van der Waals surface area contributed by atoms with Gasteiger partial charge in [0.1, 0.15) is 10.3 Å². The lowest BCUT2D eigenvalue weighted by atomic mass is 10.1. The van der Waals surface area contributed by atoms with Gasteiger partial charge in [0, 0.05) is 6.54 Å². The Kier molecular flexibility index (Phi) is 6.19. The second-order valence-corrected chi connectivity index (χ2v) is 4.67. The van der Waals surface area contributed by atoms with Gasteiger partial charge in [-0.2, -0.15) is 0 Å². The first-order valence-corrected chi connectivity index (χ1v) is 6.52. The molecule has 86 valence electrons. The Balaban J connectivity index is 2.15. The van der Waals surface area contributed by atoms with Gasteiger partial charge >= 0.3 is 0 Å². The molecule has 0 aliphatic carbocycles. The Morgan fingerprint density at radius 1 is 0.933 bits per heavy atom. The van der Waals surface area contributed by atoms with E-state index >= 15 is 0 Å². The predicted molar refractivity (Wildman–Crippen MR) is 67.8 cm³/mol. The normalized spacial score (nSPS) is 10.9. The van der Waals surface area contributed by atoms with Gasteiger partial charge in [0.15, 0.2) is 0 Å². The third-order valence-electron chi connectivity index (χ3n) is 2.61. The summed E-state index contributed by atoms with van der Waals surface area (Å²) in [5.41, 5.74) is 0. The highest BCUT2D eigenvalue weighted by molar-refractivity contribution is 6.33. The van der Waals surface area contributed by atoms with Gasteiger partial charge < -0.3 is 4.57 Å². The Morgan fingerprint density at radius 3 is 2.07 bits per heavy atom. The Labute approximate surface area is 102 Å². The molecule has 1 nitrogen and oxygen atoms in total. The minimum absolute atomic E-state index is 0.744. The standard InChI is InChI=1S/C12H19Cl2N/c1-2-3-4-5-6-7-10-15-11(13)8-9-12(15)14/h8-9H,2-7,10H2,1H3. The topological polar surface area (TPSA) is 4.93 Å². The zero-order chi connectivity index (χ0) is 11.1. The van der Waals surface area contributed by atoms with Gasteiger partial charge in [0.05, 0.1) is 0 Å². The van der Waals surface area contributed by atoms with Crippen molar-refractivity contribution in [3.8, 4) is 0 Å². The van der Waals surface area contributed by atoms with Crippen molar-refractivity contribution in [2.75, 3.05) is 0 Å². The quantitative estimate of drug-likeness (QED) is 0.587. The summed E-state index contributed by atoms with van der Waals surface area (Å²) in [4.78, 5) is 0. The predicted octanol–water partition coefficient (Wildman–Crippen LogP) is 5.16. The summed E-state index contributed by atoms with van der Waals surface area (Å²) >= 11 is 12.0. The van der Waals surface area contributed by atoms with Crippen molar-refractivity contribution < 1.29 is 0 Å². The molecular formula is C12H19Cl2N. The molecule has 0 N–H and O–H groups in total. The van der Waals surface area contributed by atoms with Crippen LogP contribution in [0.15, 0.2) is 12.1 Å². The summed E-state index contributed by atoms with van der Waals surface area (Å²) < 4.78 is 1.96. The molecule has 0 amide bonds. The third kappa shape index (κ3) is 4.48. The molecule has 0 spiro atoms. The molecule has 0 aliphatic heterocycles. The lowest BCUT2D eigenvalue weighted by Gasteiger charge is -2.06. The number of nitrogens with zero attached hydrogens (tertiary/aromatic N) is 1. The van der Waals surface area contributed by atoms with Crippen LogP contribution in [0.25, 0.3) is 0 Å². The van der Waals surface area contributed by atoms with E-state index < -0.39 is 0 Å². The van der Waals surface area contributed by atoms with Crippen LogP contribution in [0.1, 0.15) is 45.4 Å². The smallest absolute Gasteiger partial charge is 0.110 e. The first-order chi connectivity index (χ1) is 7.25. The van der Waals surface area contributed by atoms with E-state index in [0.29, 0.717) is 0 Å². The second-order valence-electron chi connectivity index (χ2n) is 3.90. The van der Waals surface area contributed by atoms with Crippen LogP contribution < -0.4 is 0 Å². The van der Waals surface area contributed by atoms with E-state index in [4.69, 9.17) is 23.2 Å². The van der Waals surface area contributed by atoms with Gasteiger partial charge in [-0.25, -0.2) is 0 Å². The lowest BCUT2D eigenvalue weighted by Crippen LogP contribution is -1.97. The maximum Gasteiger partial charge on any atom is 0.110 e. The molecule has 0 aromatic carbocycles. The molecule has 0 bridgehead atoms. The zero-order valence-corrected chi connectivity index (χ0v) is 10.8. The van der Waals surface area contributed by atoms with Gasteiger partial charge in [0.2, 0.25) is 0 Å². The van der Waals surface area contributed by atoms with E-state index in [2.05, 4.69) is 6.92 Å². The van der Waals surface area contributed by atoms with E-state index in [1.54, 1.807) is 0 Å². The van der Waals surface area contributed by atoms with E-state index in [0.717, 1.165) is 23.3 Å². The number of halogens is 2. The first kappa shape index (κ1) is 12.9. The van der Waals surface area contributed by atoms with E-state index in [1.165, 1.54) is 32.1 Å². The molecular weight excluding hydrogens is 229 g/mol. The first-order valence-electron chi connectivity index (χ1n) is 5.76. The van der Waals surface area contributed by atoms with Crippen LogP contribution in [-0.2, 0) is 6.54 Å². The largest absolute Gasteiger partial charge is 0.323 e. The summed E-state index contributed by atoms with van der Waals surface area (Å²) in [6.07, 6.45) is 7.76. The van der Waals surface area contributed by atoms with E-state index in [9.17, 15) is 0 Å². The molecule has 0 fully saturated rings. The van der Waals surface area contributed by atoms with Gasteiger partial charge in [0.25, 0.3) is 0 Å². The fraction of sp³-hybridized carbons (Fsp3) is 0.667. The summed E-state index contributed by atoms with van der Waals surface area (Å²) in [7, 11) is 0. The number of rotatable bonds is 7. The van der Waals surface area contributed by atoms with Crippen LogP contribution >= 0.6 is 23.2 Å². The highest BCUT2D eigenvalue weighted by Crippen LogP contribution is 2.20. The molecule has 1 heterocycles. The SMILES string of the molecule is CCCCCCCCn1c(Cl)ccc1Cl. The summed E-state index contributed by atoms with van der Waals surface area (Å²) in [5, 5.41) is 1.49. The van der Waals surface area contributed by atoms with Crippen molar-refractivity contribution >= 4 is 23.2 Å². The fourth-order valence-electron chi connectivity index (χ4n) is 1.68. The molecule has 1 aromatic heterocycles. The molecule has 0 aliphatic rings. The van der Waals surface area contributed by atoms with E-state index in [-0.39, 0.29) is 0 Å². The molecule has 3 heteroatoms. The zero-order valence-electron chi connectivity index (χ0n) is 9.31. The van der Waals surface area contributed by atoms with Gasteiger partial charge in [-0.1, -0.05) is 62.2 Å². The van der Waals surface area contributed by atoms with Crippen LogP contribution in [0.5, 0.6) is 0 Å². The summed E-state index contributed by atoms with van der Waals surface area (Å²) in [5.74, 6) is 0. The minimum atomic E-state index is 0.744.